The van der Waals surface area contributed by atoms with Crippen molar-refractivity contribution in [2.24, 2.45) is 22.7 Å². The molecule has 1 aliphatic heterocycles. The molecule has 4 atom stereocenters. The van der Waals surface area contributed by atoms with Crippen molar-refractivity contribution in [2.45, 2.75) is 12.5 Å². The normalized spacial score (nSPS) is 37.5. The highest BCUT2D eigenvalue weighted by Gasteiger charge is 2.46. The average molecular weight is 225 g/mol. The Bertz CT molecular complexity index is 491. The molecule has 2 aliphatic carbocycles. The molecule has 0 spiro atoms. The SMILES string of the molecule is C1=C[C@H]2C[C@@H]1[C@H]1N=C(c3ccccc3)OC[C@H]12. The van der Waals surface area contributed by atoms with Crippen LogP contribution >= 0.6 is 0 Å². The van der Waals surface area contributed by atoms with Crippen molar-refractivity contribution < 1.29 is 4.74 Å². The third-order valence-corrected chi connectivity index (χ3v) is 4.28. The van der Waals surface area contributed by atoms with Gasteiger partial charge in [0.25, 0.3) is 0 Å². The van der Waals surface area contributed by atoms with Gasteiger partial charge in [-0.25, -0.2) is 4.99 Å². The van der Waals surface area contributed by atoms with E-state index in [2.05, 4.69) is 24.3 Å². The first kappa shape index (κ1) is 9.46. The molecule has 0 N–H and O–H groups in total. The Labute approximate surface area is 101 Å². The Balaban J connectivity index is 1.70. The number of fused-ring (bicyclic) bond motifs is 5. The summed E-state index contributed by atoms with van der Waals surface area (Å²) < 4.78 is 5.85. The first-order chi connectivity index (χ1) is 8.42. The minimum Gasteiger partial charge on any atom is -0.477 e. The summed E-state index contributed by atoms with van der Waals surface area (Å²) in [6.45, 7) is 0.837. The summed E-state index contributed by atoms with van der Waals surface area (Å²) in [4.78, 5) is 4.84. The summed E-state index contributed by atoms with van der Waals surface area (Å²) in [7, 11) is 0. The second kappa shape index (κ2) is 3.46. The fourth-order valence-corrected chi connectivity index (χ4v) is 3.40. The summed E-state index contributed by atoms with van der Waals surface area (Å²) in [5.41, 5.74) is 1.11. The van der Waals surface area contributed by atoms with Crippen LogP contribution in [0.15, 0.2) is 47.5 Å². The van der Waals surface area contributed by atoms with E-state index in [1.807, 2.05) is 18.2 Å². The van der Waals surface area contributed by atoms with Crippen LogP contribution < -0.4 is 0 Å². The summed E-state index contributed by atoms with van der Waals surface area (Å²) in [5, 5.41) is 0. The molecule has 0 amide bonds. The van der Waals surface area contributed by atoms with E-state index in [1.54, 1.807) is 0 Å². The Morgan fingerprint density at radius 3 is 2.76 bits per heavy atom. The van der Waals surface area contributed by atoms with Crippen molar-refractivity contribution in [3.8, 4) is 0 Å². The molecule has 4 rings (SSSR count). The number of rotatable bonds is 1. The second-order valence-electron chi connectivity index (χ2n) is 5.21. The lowest BCUT2D eigenvalue weighted by atomic mass is 9.89. The second-order valence-corrected chi connectivity index (χ2v) is 5.21. The van der Waals surface area contributed by atoms with Gasteiger partial charge in [0, 0.05) is 17.4 Å². The molecular formula is C15H15NO. The Morgan fingerprint density at radius 1 is 1.06 bits per heavy atom. The fraction of sp³-hybridized carbons (Fsp3) is 0.400. The third-order valence-electron chi connectivity index (χ3n) is 4.28. The van der Waals surface area contributed by atoms with E-state index in [4.69, 9.17) is 9.73 Å². The molecule has 1 aromatic carbocycles. The maximum Gasteiger partial charge on any atom is 0.216 e. The highest BCUT2D eigenvalue weighted by atomic mass is 16.5. The van der Waals surface area contributed by atoms with E-state index in [0.29, 0.717) is 23.8 Å². The van der Waals surface area contributed by atoms with E-state index in [9.17, 15) is 0 Å². The zero-order valence-corrected chi connectivity index (χ0v) is 9.62. The molecule has 0 saturated heterocycles. The molecule has 0 unspecified atom stereocenters. The molecule has 2 heteroatoms. The topological polar surface area (TPSA) is 21.6 Å². The van der Waals surface area contributed by atoms with Crippen LogP contribution in [-0.2, 0) is 4.74 Å². The van der Waals surface area contributed by atoms with Crippen LogP contribution in [0, 0.1) is 17.8 Å². The zero-order chi connectivity index (χ0) is 11.2. The smallest absolute Gasteiger partial charge is 0.216 e. The Morgan fingerprint density at radius 2 is 1.88 bits per heavy atom. The van der Waals surface area contributed by atoms with Gasteiger partial charge in [-0.3, -0.25) is 0 Å². The minimum atomic E-state index is 0.467. The van der Waals surface area contributed by atoms with Crippen LogP contribution in [0.25, 0.3) is 0 Å². The van der Waals surface area contributed by atoms with Gasteiger partial charge in [0.05, 0.1) is 12.6 Å². The van der Waals surface area contributed by atoms with Crippen molar-refractivity contribution in [2.75, 3.05) is 6.61 Å². The summed E-state index contributed by atoms with van der Waals surface area (Å²) in [6.07, 6.45) is 5.99. The van der Waals surface area contributed by atoms with Crippen LogP contribution in [0.3, 0.4) is 0 Å². The molecule has 1 fully saturated rings. The lowest BCUT2D eigenvalue weighted by Gasteiger charge is -2.30. The number of hydrogen-bond acceptors (Lipinski definition) is 2. The molecule has 86 valence electrons. The number of benzene rings is 1. The fourth-order valence-electron chi connectivity index (χ4n) is 3.40. The maximum absolute atomic E-state index is 5.85. The maximum atomic E-state index is 5.85. The van der Waals surface area contributed by atoms with E-state index in [0.717, 1.165) is 18.1 Å². The quantitative estimate of drug-likeness (QED) is 0.673. The molecule has 2 nitrogen and oxygen atoms in total. The van der Waals surface area contributed by atoms with Crippen molar-refractivity contribution in [1.29, 1.82) is 0 Å². The van der Waals surface area contributed by atoms with Gasteiger partial charge in [0.1, 0.15) is 0 Å². The molecule has 2 bridgehead atoms. The van der Waals surface area contributed by atoms with Crippen LogP contribution in [-0.4, -0.2) is 18.5 Å². The van der Waals surface area contributed by atoms with Crippen LogP contribution in [0.1, 0.15) is 12.0 Å². The lowest BCUT2D eigenvalue weighted by Crippen LogP contribution is -2.34. The molecule has 1 aromatic rings. The van der Waals surface area contributed by atoms with Gasteiger partial charge in [-0.15, -0.1) is 0 Å². The monoisotopic (exact) mass is 225 g/mol. The van der Waals surface area contributed by atoms with Gasteiger partial charge in [-0.2, -0.15) is 0 Å². The van der Waals surface area contributed by atoms with Gasteiger partial charge in [-0.1, -0.05) is 30.4 Å². The molecular weight excluding hydrogens is 210 g/mol. The van der Waals surface area contributed by atoms with Crippen LogP contribution in [0.2, 0.25) is 0 Å². The molecule has 1 heterocycles. The predicted octanol–water partition coefficient (Wildman–Crippen LogP) is 2.65. The van der Waals surface area contributed by atoms with E-state index in [-0.39, 0.29) is 0 Å². The molecule has 1 saturated carbocycles. The van der Waals surface area contributed by atoms with Crippen molar-refractivity contribution >= 4 is 5.90 Å². The predicted molar refractivity (Wildman–Crippen MR) is 66.9 cm³/mol. The summed E-state index contributed by atoms with van der Waals surface area (Å²) >= 11 is 0. The number of ether oxygens (including phenoxy) is 1. The highest BCUT2D eigenvalue weighted by molar-refractivity contribution is 5.94. The van der Waals surface area contributed by atoms with Gasteiger partial charge < -0.3 is 4.74 Å². The summed E-state index contributed by atoms with van der Waals surface area (Å²) in [5.74, 6) is 2.84. The van der Waals surface area contributed by atoms with Crippen LogP contribution in [0.5, 0.6) is 0 Å². The third kappa shape index (κ3) is 1.36. The molecule has 3 aliphatic rings. The summed E-state index contributed by atoms with van der Waals surface area (Å²) in [6, 6.07) is 10.7. The van der Waals surface area contributed by atoms with Gasteiger partial charge in [0.2, 0.25) is 5.90 Å². The first-order valence-electron chi connectivity index (χ1n) is 6.36. The van der Waals surface area contributed by atoms with Gasteiger partial charge in [0.15, 0.2) is 0 Å². The van der Waals surface area contributed by atoms with Crippen LogP contribution in [0.4, 0.5) is 0 Å². The molecule has 17 heavy (non-hydrogen) atoms. The number of nitrogens with zero attached hydrogens (tertiary/aromatic N) is 1. The Kier molecular flexibility index (Phi) is 1.92. The standard InChI is InChI=1S/C15H15NO/c1-2-4-10(5-3-1)15-16-14-12-7-6-11(8-12)13(14)9-17-15/h1-7,11-14H,8-9H2/t11-,12+,13-,14+/m0/s1. The van der Waals surface area contributed by atoms with E-state index in [1.165, 1.54) is 6.42 Å². The highest BCUT2D eigenvalue weighted by Crippen LogP contribution is 2.47. The zero-order valence-electron chi connectivity index (χ0n) is 9.62. The van der Waals surface area contributed by atoms with Crippen molar-refractivity contribution in [3.63, 3.8) is 0 Å². The lowest BCUT2D eigenvalue weighted by molar-refractivity contribution is 0.178. The van der Waals surface area contributed by atoms with Crippen molar-refractivity contribution in [3.05, 3.63) is 48.0 Å². The van der Waals surface area contributed by atoms with E-state index >= 15 is 0 Å². The molecule has 0 aromatic heterocycles. The minimum absolute atomic E-state index is 0.467. The Hall–Kier alpha value is -1.57. The van der Waals surface area contributed by atoms with E-state index < -0.39 is 0 Å². The van der Waals surface area contributed by atoms with Gasteiger partial charge in [-0.05, 0) is 24.5 Å². The number of aliphatic imine (C=N–C) groups is 1. The number of allylic oxidation sites excluding steroid dienone is 1. The average Bonchev–Trinajstić information content (AvgIpc) is 3.01. The van der Waals surface area contributed by atoms with Gasteiger partial charge >= 0.3 is 0 Å². The molecule has 0 radical (unpaired) electrons. The number of hydrogen-bond donors (Lipinski definition) is 0. The first-order valence-corrected chi connectivity index (χ1v) is 6.36. The van der Waals surface area contributed by atoms with Crippen molar-refractivity contribution in [1.82, 2.24) is 0 Å². The largest absolute Gasteiger partial charge is 0.477 e.